The number of hydrogen-bond donors (Lipinski definition) is 2. The van der Waals surface area contributed by atoms with Gasteiger partial charge in [-0.05, 0) is 57.5 Å². The summed E-state index contributed by atoms with van der Waals surface area (Å²) in [5, 5.41) is 3.33. The van der Waals surface area contributed by atoms with Gasteiger partial charge in [-0.15, -0.1) is 0 Å². The van der Waals surface area contributed by atoms with Crippen molar-refractivity contribution in [3.63, 3.8) is 0 Å². The van der Waals surface area contributed by atoms with Gasteiger partial charge in [-0.25, -0.2) is 0 Å². The van der Waals surface area contributed by atoms with Crippen LogP contribution in [-0.4, -0.2) is 38.9 Å². The van der Waals surface area contributed by atoms with E-state index in [0.29, 0.717) is 17.4 Å². The standard InChI is InChI=1S/C19H30N2O4/c1-19(2,14-7-9-21-10-8-14)25-18(22)12-15(20)13-5-6-16(23-3)17(11-13)24-4/h5-6,11,14-15,21H,7-10,12,20H2,1-4H3. The molecule has 6 heteroatoms. The van der Waals surface area contributed by atoms with Gasteiger partial charge < -0.3 is 25.3 Å². The Morgan fingerprint density at radius 2 is 1.88 bits per heavy atom. The molecule has 1 atom stereocenters. The van der Waals surface area contributed by atoms with Gasteiger partial charge in [-0.2, -0.15) is 0 Å². The topological polar surface area (TPSA) is 82.8 Å². The number of piperidine rings is 1. The summed E-state index contributed by atoms with van der Waals surface area (Å²) in [4.78, 5) is 12.4. The molecular weight excluding hydrogens is 320 g/mol. The van der Waals surface area contributed by atoms with Crippen molar-refractivity contribution >= 4 is 5.97 Å². The average Bonchev–Trinajstić information content (AvgIpc) is 2.61. The largest absolute Gasteiger partial charge is 0.493 e. The highest BCUT2D eigenvalue weighted by molar-refractivity contribution is 5.71. The molecule has 0 aromatic heterocycles. The van der Waals surface area contributed by atoms with E-state index in [1.807, 2.05) is 19.9 Å². The molecule has 25 heavy (non-hydrogen) atoms. The van der Waals surface area contributed by atoms with Crippen molar-refractivity contribution in [3.05, 3.63) is 23.8 Å². The fraction of sp³-hybridized carbons (Fsp3) is 0.632. The molecule has 2 rings (SSSR count). The van der Waals surface area contributed by atoms with E-state index in [9.17, 15) is 4.79 Å². The van der Waals surface area contributed by atoms with Crippen LogP contribution in [0, 0.1) is 5.92 Å². The van der Waals surface area contributed by atoms with Gasteiger partial charge in [0.15, 0.2) is 11.5 Å². The van der Waals surface area contributed by atoms with E-state index in [2.05, 4.69) is 5.32 Å². The highest BCUT2D eigenvalue weighted by Gasteiger charge is 2.34. The first kappa shape index (κ1) is 19.5. The van der Waals surface area contributed by atoms with Crippen molar-refractivity contribution in [2.24, 2.45) is 11.7 Å². The van der Waals surface area contributed by atoms with Gasteiger partial charge in [0.25, 0.3) is 0 Å². The summed E-state index contributed by atoms with van der Waals surface area (Å²) < 4.78 is 16.3. The lowest BCUT2D eigenvalue weighted by Crippen LogP contribution is -2.43. The maximum Gasteiger partial charge on any atom is 0.308 e. The van der Waals surface area contributed by atoms with Gasteiger partial charge in [-0.1, -0.05) is 6.07 Å². The Labute approximate surface area is 150 Å². The van der Waals surface area contributed by atoms with Crippen LogP contribution in [0.4, 0.5) is 0 Å². The summed E-state index contributed by atoms with van der Waals surface area (Å²) in [6.45, 7) is 5.92. The zero-order chi connectivity index (χ0) is 18.4. The second kappa shape index (κ2) is 8.54. The van der Waals surface area contributed by atoms with Crippen LogP contribution in [0.15, 0.2) is 18.2 Å². The Balaban J connectivity index is 1.97. The predicted octanol–water partition coefficient (Wildman–Crippen LogP) is 2.42. The van der Waals surface area contributed by atoms with Crippen LogP contribution in [0.5, 0.6) is 11.5 Å². The molecule has 0 aliphatic carbocycles. The minimum absolute atomic E-state index is 0.129. The maximum atomic E-state index is 12.4. The molecule has 1 heterocycles. The Morgan fingerprint density at radius 1 is 1.24 bits per heavy atom. The summed E-state index contributed by atoms with van der Waals surface area (Å²) in [6, 6.07) is 4.99. The van der Waals surface area contributed by atoms with Crippen molar-refractivity contribution in [3.8, 4) is 11.5 Å². The molecule has 0 radical (unpaired) electrons. The number of methoxy groups -OCH3 is 2. The van der Waals surface area contributed by atoms with Gasteiger partial charge in [0.2, 0.25) is 0 Å². The Hall–Kier alpha value is -1.79. The van der Waals surface area contributed by atoms with E-state index < -0.39 is 11.6 Å². The Bertz CT molecular complexity index is 583. The molecule has 0 bridgehead atoms. The predicted molar refractivity (Wildman–Crippen MR) is 96.9 cm³/mol. The van der Waals surface area contributed by atoms with Gasteiger partial charge in [-0.3, -0.25) is 4.79 Å². The maximum absolute atomic E-state index is 12.4. The van der Waals surface area contributed by atoms with E-state index >= 15 is 0 Å². The molecule has 1 aliphatic rings. The van der Waals surface area contributed by atoms with E-state index in [4.69, 9.17) is 19.9 Å². The number of nitrogens with two attached hydrogens (primary N) is 1. The Kier molecular flexibility index (Phi) is 6.67. The first-order valence-electron chi connectivity index (χ1n) is 8.77. The monoisotopic (exact) mass is 350 g/mol. The molecule has 1 fully saturated rings. The van der Waals surface area contributed by atoms with Crippen molar-refractivity contribution in [1.29, 1.82) is 0 Å². The van der Waals surface area contributed by atoms with Crippen molar-refractivity contribution in [2.45, 2.75) is 44.8 Å². The van der Waals surface area contributed by atoms with E-state index in [0.717, 1.165) is 31.5 Å². The third-order valence-corrected chi connectivity index (χ3v) is 4.92. The Morgan fingerprint density at radius 3 is 2.48 bits per heavy atom. The van der Waals surface area contributed by atoms with Crippen LogP contribution >= 0.6 is 0 Å². The molecule has 1 saturated heterocycles. The summed E-state index contributed by atoms with van der Waals surface area (Å²) in [5.41, 5.74) is 6.54. The van der Waals surface area contributed by atoms with Crippen LogP contribution in [0.3, 0.4) is 0 Å². The minimum Gasteiger partial charge on any atom is -0.493 e. The van der Waals surface area contributed by atoms with Gasteiger partial charge in [0, 0.05) is 12.0 Å². The third-order valence-electron chi connectivity index (χ3n) is 4.92. The smallest absolute Gasteiger partial charge is 0.308 e. The van der Waals surface area contributed by atoms with E-state index in [-0.39, 0.29) is 12.4 Å². The second-order valence-electron chi connectivity index (χ2n) is 7.03. The highest BCUT2D eigenvalue weighted by Crippen LogP contribution is 2.32. The van der Waals surface area contributed by atoms with Crippen LogP contribution in [0.1, 0.15) is 44.7 Å². The van der Waals surface area contributed by atoms with Crippen molar-refractivity contribution in [2.75, 3.05) is 27.3 Å². The molecule has 0 saturated carbocycles. The molecule has 0 spiro atoms. The molecule has 1 aromatic carbocycles. The lowest BCUT2D eigenvalue weighted by molar-refractivity contribution is -0.163. The van der Waals surface area contributed by atoms with Crippen molar-refractivity contribution in [1.82, 2.24) is 5.32 Å². The van der Waals surface area contributed by atoms with E-state index in [1.165, 1.54) is 0 Å². The van der Waals surface area contributed by atoms with Crippen LogP contribution < -0.4 is 20.5 Å². The number of hydrogen-bond acceptors (Lipinski definition) is 6. The first-order valence-corrected chi connectivity index (χ1v) is 8.77. The summed E-state index contributed by atoms with van der Waals surface area (Å²) in [7, 11) is 3.15. The number of carbonyl (C=O) groups excluding carboxylic acids is 1. The van der Waals surface area contributed by atoms with Crippen LogP contribution in [0.2, 0.25) is 0 Å². The fourth-order valence-corrected chi connectivity index (χ4v) is 3.32. The fourth-order valence-electron chi connectivity index (χ4n) is 3.32. The van der Waals surface area contributed by atoms with Gasteiger partial charge in [0.1, 0.15) is 5.60 Å². The number of nitrogens with one attached hydrogen (secondary N) is 1. The molecule has 3 N–H and O–H groups in total. The van der Waals surface area contributed by atoms with Gasteiger partial charge >= 0.3 is 5.97 Å². The van der Waals surface area contributed by atoms with E-state index in [1.54, 1.807) is 26.4 Å². The summed E-state index contributed by atoms with van der Waals surface area (Å²) >= 11 is 0. The third kappa shape index (κ3) is 5.09. The summed E-state index contributed by atoms with van der Waals surface area (Å²) in [6.07, 6.45) is 2.16. The number of carbonyl (C=O) groups is 1. The summed E-state index contributed by atoms with van der Waals surface area (Å²) in [5.74, 6) is 1.33. The molecule has 6 nitrogen and oxygen atoms in total. The molecular formula is C19H30N2O4. The number of benzene rings is 1. The zero-order valence-corrected chi connectivity index (χ0v) is 15.6. The molecule has 1 aliphatic heterocycles. The average molecular weight is 350 g/mol. The highest BCUT2D eigenvalue weighted by atomic mass is 16.6. The number of rotatable bonds is 7. The lowest BCUT2D eigenvalue weighted by atomic mass is 9.83. The minimum atomic E-state index is -0.476. The van der Waals surface area contributed by atoms with Crippen molar-refractivity contribution < 1.29 is 19.0 Å². The van der Waals surface area contributed by atoms with Gasteiger partial charge in [0.05, 0.1) is 20.6 Å². The molecule has 1 aromatic rings. The number of esters is 1. The lowest BCUT2D eigenvalue weighted by Gasteiger charge is -2.37. The van der Waals surface area contributed by atoms with Crippen LogP contribution in [-0.2, 0) is 9.53 Å². The van der Waals surface area contributed by atoms with Crippen LogP contribution in [0.25, 0.3) is 0 Å². The first-order chi connectivity index (χ1) is 11.9. The SMILES string of the molecule is COc1ccc(C(N)CC(=O)OC(C)(C)C2CCNCC2)cc1OC. The molecule has 140 valence electrons. The molecule has 0 amide bonds. The second-order valence-corrected chi connectivity index (χ2v) is 7.03. The molecule has 1 unspecified atom stereocenters. The quantitative estimate of drug-likeness (QED) is 0.735. The normalized spacial score (nSPS) is 17.0. The number of ether oxygens (including phenoxy) is 3. The zero-order valence-electron chi connectivity index (χ0n) is 15.6.